The van der Waals surface area contributed by atoms with Crippen LogP contribution < -0.4 is 5.32 Å². The zero-order chi connectivity index (χ0) is 15.6. The van der Waals surface area contributed by atoms with Gasteiger partial charge in [-0.1, -0.05) is 22.7 Å². The van der Waals surface area contributed by atoms with Crippen LogP contribution in [0.4, 0.5) is 5.82 Å². The monoisotopic (exact) mass is 308 g/mol. The van der Waals surface area contributed by atoms with Crippen LogP contribution in [0.5, 0.6) is 0 Å². The Bertz CT molecular complexity index is 595. The summed E-state index contributed by atoms with van der Waals surface area (Å²) in [6.07, 6.45) is 2.30. The average molecular weight is 309 g/mol. The molecule has 2 rings (SSSR count). The van der Waals surface area contributed by atoms with E-state index in [1.807, 2.05) is 13.8 Å². The number of pyridine rings is 1. The fraction of sp³-hybridized carbons (Fsp3) is 0.400. The van der Waals surface area contributed by atoms with Crippen LogP contribution in [0, 0.1) is 11.8 Å². The van der Waals surface area contributed by atoms with E-state index in [0.29, 0.717) is 23.7 Å². The van der Waals surface area contributed by atoms with E-state index in [-0.39, 0.29) is 5.91 Å². The largest absolute Gasteiger partial charge is 0.481 e. The highest BCUT2D eigenvalue weighted by atomic mass is 35.5. The lowest BCUT2D eigenvalue weighted by Gasteiger charge is -2.29. The number of hydrogen-bond donors (Lipinski definition) is 2. The fourth-order valence-corrected chi connectivity index (χ4v) is 2.61. The first-order valence-electron chi connectivity index (χ1n) is 6.69. The molecule has 0 bridgehead atoms. The molecule has 112 valence electrons. The molecule has 1 aliphatic carbocycles. The molecule has 0 aliphatic heterocycles. The maximum absolute atomic E-state index is 12.3. The number of amides is 1. The number of carboxylic acid groups (broad SMARTS) is 1. The van der Waals surface area contributed by atoms with Gasteiger partial charge in [-0.05, 0) is 38.8 Å². The predicted molar refractivity (Wildman–Crippen MR) is 80.1 cm³/mol. The van der Waals surface area contributed by atoms with E-state index in [1.165, 1.54) is 6.20 Å². The van der Waals surface area contributed by atoms with Gasteiger partial charge in [0.05, 0.1) is 16.9 Å². The second-order valence-electron chi connectivity index (χ2n) is 5.37. The summed E-state index contributed by atoms with van der Waals surface area (Å²) in [5.41, 5.74) is 2.13. The van der Waals surface area contributed by atoms with Gasteiger partial charge in [0, 0.05) is 6.20 Å². The van der Waals surface area contributed by atoms with Gasteiger partial charge in [-0.25, -0.2) is 4.98 Å². The normalized spacial score (nSPS) is 22.0. The Balaban J connectivity index is 2.16. The van der Waals surface area contributed by atoms with Crippen molar-refractivity contribution in [2.45, 2.75) is 26.7 Å². The van der Waals surface area contributed by atoms with Gasteiger partial charge < -0.3 is 10.4 Å². The molecule has 1 aromatic heterocycles. The third kappa shape index (κ3) is 3.61. The first-order valence-corrected chi connectivity index (χ1v) is 7.06. The van der Waals surface area contributed by atoms with Gasteiger partial charge in [-0.3, -0.25) is 9.59 Å². The zero-order valence-corrected chi connectivity index (χ0v) is 12.6. The Labute approximate surface area is 128 Å². The molecule has 0 saturated heterocycles. The van der Waals surface area contributed by atoms with E-state index in [9.17, 15) is 14.7 Å². The quantitative estimate of drug-likeness (QED) is 0.841. The lowest BCUT2D eigenvalue weighted by Crippen LogP contribution is -2.36. The third-order valence-corrected chi connectivity index (χ3v) is 4.12. The molecule has 1 aliphatic rings. The van der Waals surface area contributed by atoms with Crippen LogP contribution in [0.25, 0.3) is 0 Å². The fourth-order valence-electron chi connectivity index (χ4n) is 2.50. The molecular formula is C15H17ClN2O3. The number of nitrogens with one attached hydrogen (secondary N) is 1. The number of carbonyl (C=O) groups is 2. The second kappa shape index (κ2) is 6.26. The number of aliphatic carboxylic acids is 1. The molecule has 0 radical (unpaired) electrons. The Morgan fingerprint density at radius 3 is 2.38 bits per heavy atom. The van der Waals surface area contributed by atoms with Crippen LogP contribution in [-0.4, -0.2) is 22.0 Å². The number of carboxylic acids is 1. The summed E-state index contributed by atoms with van der Waals surface area (Å²) < 4.78 is 0. The molecule has 1 amide bonds. The SMILES string of the molecule is CC1=C(C)C[C@H](C(=O)Nc2ccc(Cl)cn2)[C@@H](C(=O)O)C1. The highest BCUT2D eigenvalue weighted by Gasteiger charge is 2.37. The molecule has 0 unspecified atom stereocenters. The maximum Gasteiger partial charge on any atom is 0.307 e. The Kier molecular flexibility index (Phi) is 4.63. The van der Waals surface area contributed by atoms with Crippen LogP contribution in [-0.2, 0) is 9.59 Å². The van der Waals surface area contributed by atoms with Crippen molar-refractivity contribution in [3.63, 3.8) is 0 Å². The summed E-state index contributed by atoms with van der Waals surface area (Å²) in [5, 5.41) is 12.5. The van der Waals surface area contributed by atoms with E-state index in [2.05, 4.69) is 10.3 Å². The van der Waals surface area contributed by atoms with Crippen molar-refractivity contribution in [3.05, 3.63) is 34.5 Å². The molecule has 6 heteroatoms. The van der Waals surface area contributed by atoms with E-state index in [1.54, 1.807) is 12.1 Å². The van der Waals surface area contributed by atoms with Gasteiger partial charge in [-0.15, -0.1) is 0 Å². The number of allylic oxidation sites excluding steroid dienone is 2. The molecular weight excluding hydrogens is 292 g/mol. The molecule has 1 aromatic rings. The number of anilines is 1. The topological polar surface area (TPSA) is 79.3 Å². The maximum atomic E-state index is 12.3. The smallest absolute Gasteiger partial charge is 0.307 e. The molecule has 5 nitrogen and oxygen atoms in total. The van der Waals surface area contributed by atoms with Crippen molar-refractivity contribution in [1.82, 2.24) is 4.98 Å². The van der Waals surface area contributed by atoms with Crippen LogP contribution in [0.2, 0.25) is 5.02 Å². The van der Waals surface area contributed by atoms with Gasteiger partial charge in [0.2, 0.25) is 5.91 Å². The molecule has 0 spiro atoms. The zero-order valence-electron chi connectivity index (χ0n) is 11.9. The summed E-state index contributed by atoms with van der Waals surface area (Å²) in [4.78, 5) is 27.7. The summed E-state index contributed by atoms with van der Waals surface area (Å²) in [7, 11) is 0. The first-order chi connectivity index (χ1) is 9.88. The number of halogens is 1. The van der Waals surface area contributed by atoms with Crippen LogP contribution in [0.3, 0.4) is 0 Å². The minimum atomic E-state index is -0.939. The number of rotatable bonds is 3. The van der Waals surface area contributed by atoms with Crippen molar-refractivity contribution in [2.24, 2.45) is 11.8 Å². The van der Waals surface area contributed by atoms with Crippen LogP contribution in [0.15, 0.2) is 29.5 Å². The molecule has 1 heterocycles. The average Bonchev–Trinajstić information content (AvgIpc) is 2.43. The van der Waals surface area contributed by atoms with Gasteiger partial charge >= 0.3 is 5.97 Å². The van der Waals surface area contributed by atoms with Crippen molar-refractivity contribution in [1.29, 1.82) is 0 Å². The van der Waals surface area contributed by atoms with E-state index >= 15 is 0 Å². The van der Waals surface area contributed by atoms with Crippen molar-refractivity contribution >= 4 is 29.3 Å². The Hall–Kier alpha value is -1.88. The molecule has 0 fully saturated rings. The van der Waals surface area contributed by atoms with Crippen molar-refractivity contribution in [3.8, 4) is 0 Å². The standard InChI is InChI=1S/C15H17ClN2O3/c1-8-5-11(12(15(20)21)6-9(8)2)14(19)18-13-4-3-10(16)7-17-13/h3-4,7,11-12H,5-6H2,1-2H3,(H,20,21)(H,17,18,19)/t11-,12-/m0/s1. The Morgan fingerprint density at radius 1 is 1.24 bits per heavy atom. The molecule has 21 heavy (non-hydrogen) atoms. The van der Waals surface area contributed by atoms with E-state index < -0.39 is 17.8 Å². The van der Waals surface area contributed by atoms with E-state index in [4.69, 9.17) is 11.6 Å². The number of hydrogen-bond acceptors (Lipinski definition) is 3. The lowest BCUT2D eigenvalue weighted by atomic mass is 9.76. The predicted octanol–water partition coefficient (Wildman–Crippen LogP) is 3.12. The lowest BCUT2D eigenvalue weighted by molar-refractivity contribution is -0.146. The summed E-state index contributed by atoms with van der Waals surface area (Å²) in [6.45, 7) is 3.86. The van der Waals surface area contributed by atoms with Crippen molar-refractivity contribution < 1.29 is 14.7 Å². The molecule has 2 atom stereocenters. The van der Waals surface area contributed by atoms with Gasteiger partial charge in [0.25, 0.3) is 0 Å². The van der Waals surface area contributed by atoms with Crippen LogP contribution >= 0.6 is 11.6 Å². The third-order valence-electron chi connectivity index (χ3n) is 3.90. The highest BCUT2D eigenvalue weighted by Crippen LogP contribution is 2.34. The molecule has 2 N–H and O–H groups in total. The minimum Gasteiger partial charge on any atom is -0.481 e. The van der Waals surface area contributed by atoms with E-state index in [0.717, 1.165) is 11.1 Å². The Morgan fingerprint density at radius 2 is 1.86 bits per heavy atom. The van der Waals surface area contributed by atoms with Gasteiger partial charge in [-0.2, -0.15) is 0 Å². The van der Waals surface area contributed by atoms with Crippen LogP contribution in [0.1, 0.15) is 26.7 Å². The minimum absolute atomic E-state index is 0.316. The molecule has 0 saturated carbocycles. The summed E-state index contributed by atoms with van der Waals surface area (Å²) in [6, 6.07) is 3.21. The van der Waals surface area contributed by atoms with Gasteiger partial charge in [0.15, 0.2) is 0 Å². The number of carbonyl (C=O) groups excluding carboxylic acids is 1. The highest BCUT2D eigenvalue weighted by molar-refractivity contribution is 6.30. The van der Waals surface area contributed by atoms with Crippen molar-refractivity contribution in [2.75, 3.05) is 5.32 Å². The number of nitrogens with zero attached hydrogens (tertiary/aromatic N) is 1. The summed E-state index contributed by atoms with van der Waals surface area (Å²) >= 11 is 5.74. The number of aromatic nitrogens is 1. The molecule has 0 aromatic carbocycles. The second-order valence-corrected chi connectivity index (χ2v) is 5.81. The summed E-state index contributed by atoms with van der Waals surface area (Å²) in [5.74, 6) is -2.16. The van der Waals surface area contributed by atoms with Gasteiger partial charge in [0.1, 0.15) is 5.82 Å². The first kappa shape index (κ1) is 15.5.